The average Bonchev–Trinajstić information content (AvgIpc) is 3.08. The van der Waals surface area contributed by atoms with E-state index in [0.29, 0.717) is 31.9 Å². The van der Waals surface area contributed by atoms with Crippen LogP contribution in [0.3, 0.4) is 0 Å². The molecule has 0 aliphatic carbocycles. The van der Waals surface area contributed by atoms with E-state index in [1.54, 1.807) is 23.0 Å². The molecule has 3 rings (SSSR count). The van der Waals surface area contributed by atoms with Gasteiger partial charge in [0.25, 0.3) is 0 Å². The molecule has 0 amide bonds. The number of aromatic nitrogens is 2. The van der Waals surface area contributed by atoms with E-state index in [-0.39, 0.29) is 5.56 Å². The van der Waals surface area contributed by atoms with Gasteiger partial charge in [-0.15, -0.1) is 0 Å². The lowest BCUT2D eigenvalue weighted by atomic mass is 10.1. The Balaban J connectivity index is 1.54. The lowest BCUT2D eigenvalue weighted by Crippen LogP contribution is -2.49. The number of anilines is 1. The van der Waals surface area contributed by atoms with Gasteiger partial charge in [-0.2, -0.15) is 10.4 Å². The van der Waals surface area contributed by atoms with Gasteiger partial charge in [-0.1, -0.05) is 6.07 Å². The van der Waals surface area contributed by atoms with Crippen LogP contribution in [0, 0.1) is 17.1 Å². The number of halogens is 1. The summed E-state index contributed by atoms with van der Waals surface area (Å²) >= 11 is 0. The molecule has 1 fully saturated rings. The average molecular weight is 329 g/mol. The SMILES string of the molecule is N#Cc1c(F)cccc1N1CCN(C[C@H](O)Cn2cccn2)CC1. The summed E-state index contributed by atoms with van der Waals surface area (Å²) in [6, 6.07) is 8.50. The zero-order chi connectivity index (χ0) is 16.9. The van der Waals surface area contributed by atoms with Crippen molar-refractivity contribution in [2.75, 3.05) is 37.6 Å². The van der Waals surface area contributed by atoms with Crippen molar-refractivity contribution in [1.29, 1.82) is 5.26 Å². The Morgan fingerprint density at radius 2 is 2.00 bits per heavy atom. The third-order valence-corrected chi connectivity index (χ3v) is 4.24. The minimum absolute atomic E-state index is 0.102. The van der Waals surface area contributed by atoms with Gasteiger partial charge in [0.05, 0.1) is 18.3 Å². The maximum Gasteiger partial charge on any atom is 0.143 e. The van der Waals surface area contributed by atoms with Crippen LogP contribution in [0.5, 0.6) is 0 Å². The summed E-state index contributed by atoms with van der Waals surface area (Å²) in [5.74, 6) is -0.480. The molecular weight excluding hydrogens is 309 g/mol. The number of hydrogen-bond acceptors (Lipinski definition) is 5. The van der Waals surface area contributed by atoms with Crippen molar-refractivity contribution in [3.63, 3.8) is 0 Å². The molecule has 0 spiro atoms. The molecule has 1 aliphatic rings. The number of aliphatic hydroxyl groups excluding tert-OH is 1. The summed E-state index contributed by atoms with van der Waals surface area (Å²) in [7, 11) is 0. The van der Waals surface area contributed by atoms with Gasteiger partial charge in [0.1, 0.15) is 17.4 Å². The smallest absolute Gasteiger partial charge is 0.143 e. The second-order valence-corrected chi connectivity index (χ2v) is 5.92. The molecule has 1 aromatic carbocycles. The van der Waals surface area contributed by atoms with Crippen LogP contribution in [0.2, 0.25) is 0 Å². The second-order valence-electron chi connectivity index (χ2n) is 5.92. The molecule has 1 N–H and O–H groups in total. The van der Waals surface area contributed by atoms with Crippen molar-refractivity contribution >= 4 is 5.69 Å². The van der Waals surface area contributed by atoms with Gasteiger partial charge in [0, 0.05) is 45.1 Å². The number of β-amino-alcohol motifs (C(OH)–C–C–N with tert-alkyl or cyclic N) is 1. The lowest BCUT2D eigenvalue weighted by molar-refractivity contribution is 0.0920. The van der Waals surface area contributed by atoms with Crippen LogP contribution >= 0.6 is 0 Å². The number of nitriles is 1. The number of piperazine rings is 1. The first kappa shape index (κ1) is 16.4. The zero-order valence-corrected chi connectivity index (χ0v) is 13.3. The van der Waals surface area contributed by atoms with E-state index in [9.17, 15) is 9.50 Å². The van der Waals surface area contributed by atoms with Crippen molar-refractivity contribution < 1.29 is 9.50 Å². The molecule has 2 aromatic rings. The van der Waals surface area contributed by atoms with Crippen molar-refractivity contribution in [1.82, 2.24) is 14.7 Å². The van der Waals surface area contributed by atoms with Crippen molar-refractivity contribution in [3.8, 4) is 6.07 Å². The molecule has 1 aromatic heterocycles. The maximum atomic E-state index is 13.7. The van der Waals surface area contributed by atoms with Crippen LogP contribution in [0.1, 0.15) is 5.56 Å². The number of aliphatic hydroxyl groups is 1. The first-order valence-electron chi connectivity index (χ1n) is 7.99. The maximum absolute atomic E-state index is 13.7. The molecule has 6 nitrogen and oxygen atoms in total. The highest BCUT2D eigenvalue weighted by molar-refractivity contribution is 5.60. The Morgan fingerprint density at radius 3 is 2.67 bits per heavy atom. The lowest BCUT2D eigenvalue weighted by Gasteiger charge is -2.37. The zero-order valence-electron chi connectivity index (χ0n) is 13.3. The first-order chi connectivity index (χ1) is 11.7. The molecule has 126 valence electrons. The van der Waals surface area contributed by atoms with E-state index in [0.717, 1.165) is 13.1 Å². The van der Waals surface area contributed by atoms with Gasteiger partial charge in [0.2, 0.25) is 0 Å². The third-order valence-electron chi connectivity index (χ3n) is 4.24. The van der Waals surface area contributed by atoms with Crippen LogP contribution in [-0.2, 0) is 6.54 Å². The van der Waals surface area contributed by atoms with E-state index >= 15 is 0 Å². The van der Waals surface area contributed by atoms with Crippen LogP contribution < -0.4 is 4.90 Å². The summed E-state index contributed by atoms with van der Waals surface area (Å²) < 4.78 is 15.4. The monoisotopic (exact) mass is 329 g/mol. The van der Waals surface area contributed by atoms with E-state index in [1.807, 2.05) is 23.2 Å². The Bertz CT molecular complexity index is 704. The second kappa shape index (κ2) is 7.43. The number of rotatable bonds is 5. The Kier molecular flexibility index (Phi) is 5.08. The summed E-state index contributed by atoms with van der Waals surface area (Å²) in [6.45, 7) is 3.96. The first-order valence-corrected chi connectivity index (χ1v) is 7.99. The van der Waals surface area contributed by atoms with Gasteiger partial charge in [-0.3, -0.25) is 9.58 Å². The third kappa shape index (κ3) is 3.72. The molecule has 0 radical (unpaired) electrons. The Hall–Kier alpha value is -2.43. The highest BCUT2D eigenvalue weighted by Crippen LogP contribution is 2.23. The van der Waals surface area contributed by atoms with Crippen LogP contribution in [-0.4, -0.2) is 58.6 Å². The van der Waals surface area contributed by atoms with E-state index in [2.05, 4.69) is 10.00 Å². The summed E-state index contributed by atoms with van der Waals surface area (Å²) in [5, 5.41) is 23.4. The summed E-state index contributed by atoms with van der Waals surface area (Å²) in [6.07, 6.45) is 3.03. The molecule has 0 unspecified atom stereocenters. The minimum Gasteiger partial charge on any atom is -0.390 e. The normalized spacial score (nSPS) is 16.8. The van der Waals surface area contributed by atoms with Gasteiger partial charge < -0.3 is 10.0 Å². The number of benzene rings is 1. The van der Waals surface area contributed by atoms with Crippen LogP contribution in [0.4, 0.5) is 10.1 Å². The molecule has 1 saturated heterocycles. The van der Waals surface area contributed by atoms with Crippen molar-refractivity contribution in [2.24, 2.45) is 0 Å². The molecule has 7 heteroatoms. The molecule has 0 saturated carbocycles. The van der Waals surface area contributed by atoms with E-state index < -0.39 is 11.9 Å². The minimum atomic E-state index is -0.486. The molecular formula is C17H20FN5O. The molecule has 24 heavy (non-hydrogen) atoms. The molecule has 1 atom stereocenters. The summed E-state index contributed by atoms with van der Waals surface area (Å²) in [5.41, 5.74) is 0.749. The number of hydrogen-bond donors (Lipinski definition) is 1. The number of nitrogens with zero attached hydrogens (tertiary/aromatic N) is 5. The predicted molar refractivity (Wildman–Crippen MR) is 88.0 cm³/mol. The van der Waals surface area contributed by atoms with Gasteiger partial charge in [-0.25, -0.2) is 4.39 Å². The highest BCUT2D eigenvalue weighted by atomic mass is 19.1. The Morgan fingerprint density at radius 1 is 1.21 bits per heavy atom. The Labute approximate surface area is 140 Å². The quantitative estimate of drug-likeness (QED) is 0.889. The van der Waals surface area contributed by atoms with Crippen LogP contribution in [0.25, 0.3) is 0 Å². The van der Waals surface area contributed by atoms with E-state index in [4.69, 9.17) is 5.26 Å². The fourth-order valence-corrected chi connectivity index (χ4v) is 3.04. The van der Waals surface area contributed by atoms with Gasteiger partial charge in [-0.05, 0) is 18.2 Å². The molecule has 1 aliphatic heterocycles. The van der Waals surface area contributed by atoms with Crippen LogP contribution in [0.15, 0.2) is 36.7 Å². The fourth-order valence-electron chi connectivity index (χ4n) is 3.04. The van der Waals surface area contributed by atoms with E-state index in [1.165, 1.54) is 6.07 Å². The van der Waals surface area contributed by atoms with Crippen molar-refractivity contribution in [3.05, 3.63) is 48.0 Å². The van der Waals surface area contributed by atoms with Gasteiger partial charge >= 0.3 is 0 Å². The molecule has 2 heterocycles. The highest BCUT2D eigenvalue weighted by Gasteiger charge is 2.22. The topological polar surface area (TPSA) is 68.3 Å². The fraction of sp³-hybridized carbons (Fsp3) is 0.412. The van der Waals surface area contributed by atoms with Gasteiger partial charge in [0.15, 0.2) is 0 Å². The predicted octanol–water partition coefficient (Wildman–Crippen LogP) is 1.08. The van der Waals surface area contributed by atoms with Crippen molar-refractivity contribution in [2.45, 2.75) is 12.6 Å². The molecule has 0 bridgehead atoms. The standard InChI is InChI=1S/C17H20FN5O/c18-16-3-1-4-17(15(16)11-19)22-9-7-21(8-10-22)12-14(24)13-23-6-2-5-20-23/h1-6,14,24H,7-10,12-13H2/t14-/m0/s1. The summed E-state index contributed by atoms with van der Waals surface area (Å²) in [4.78, 5) is 4.20. The largest absolute Gasteiger partial charge is 0.390 e.